The van der Waals surface area contributed by atoms with Gasteiger partial charge < -0.3 is 20.3 Å². The van der Waals surface area contributed by atoms with Crippen molar-refractivity contribution in [2.45, 2.75) is 45.3 Å². The molecule has 1 aliphatic carbocycles. The predicted octanol–water partition coefficient (Wildman–Crippen LogP) is 0.812. The lowest BCUT2D eigenvalue weighted by Crippen LogP contribution is -2.38. The van der Waals surface area contributed by atoms with Crippen LogP contribution in [0.15, 0.2) is 12.3 Å². The van der Waals surface area contributed by atoms with Gasteiger partial charge in [-0.2, -0.15) is 0 Å². The van der Waals surface area contributed by atoms with E-state index in [0.29, 0.717) is 25.4 Å². The lowest BCUT2D eigenvalue weighted by molar-refractivity contribution is 0.0716. The summed E-state index contributed by atoms with van der Waals surface area (Å²) in [6.07, 6.45) is 3.43. The maximum atomic E-state index is 10.3. The van der Waals surface area contributed by atoms with Gasteiger partial charge in [0.15, 0.2) is 0 Å². The highest BCUT2D eigenvalue weighted by molar-refractivity contribution is 5.08. The molecule has 1 aliphatic rings. The topological polar surface area (TPSA) is 87.5 Å². The summed E-state index contributed by atoms with van der Waals surface area (Å²) >= 11 is 0. The normalized spacial score (nSPS) is 27.1. The lowest BCUT2D eigenvalue weighted by atomic mass is 9.88. The Hall–Kier alpha value is -1.08. The van der Waals surface area contributed by atoms with Crippen LogP contribution in [0.3, 0.4) is 0 Å². The molecule has 136 valence electrons. The Morgan fingerprint density at radius 1 is 1.38 bits per heavy atom. The van der Waals surface area contributed by atoms with E-state index < -0.39 is 6.10 Å². The molecule has 1 saturated carbocycles. The molecule has 1 aromatic heterocycles. The van der Waals surface area contributed by atoms with Gasteiger partial charge in [-0.1, -0.05) is 13.8 Å². The van der Waals surface area contributed by atoms with E-state index in [2.05, 4.69) is 29.1 Å². The number of aliphatic hydroxyl groups is 2. The highest BCUT2D eigenvalue weighted by Gasteiger charge is 2.41. The van der Waals surface area contributed by atoms with Crippen LogP contribution in [0.4, 0.5) is 0 Å². The molecule has 0 aromatic carbocycles. The highest BCUT2D eigenvalue weighted by atomic mass is 16.5. The Bertz CT molecular complexity index is 498. The quantitative estimate of drug-likeness (QED) is 0.618. The molecule has 1 aromatic rings. The van der Waals surface area contributed by atoms with Crippen LogP contribution in [0, 0.1) is 17.8 Å². The average Bonchev–Trinajstić information content (AvgIpc) is 2.86. The smallest absolute Gasteiger partial charge is 0.130 e. The van der Waals surface area contributed by atoms with E-state index in [4.69, 9.17) is 4.74 Å². The fraction of sp³-hybridized carbons (Fsp3) is 0.778. The second kappa shape index (κ2) is 9.42. The minimum atomic E-state index is -0.459. The van der Waals surface area contributed by atoms with Crippen molar-refractivity contribution in [3.63, 3.8) is 0 Å². The van der Waals surface area contributed by atoms with Gasteiger partial charge in [-0.25, -0.2) is 9.97 Å². The van der Waals surface area contributed by atoms with E-state index in [0.717, 1.165) is 24.5 Å². The van der Waals surface area contributed by atoms with Gasteiger partial charge in [0.1, 0.15) is 5.82 Å². The van der Waals surface area contributed by atoms with Crippen LogP contribution in [0.25, 0.3) is 0 Å². The van der Waals surface area contributed by atoms with E-state index in [9.17, 15) is 10.2 Å². The molecule has 0 radical (unpaired) electrons. The number of nitrogens with one attached hydrogen (secondary N) is 1. The molecular formula is C18H31N3O3. The summed E-state index contributed by atoms with van der Waals surface area (Å²) in [6, 6.07) is 2.13. The number of hydrogen-bond acceptors (Lipinski definition) is 6. The van der Waals surface area contributed by atoms with E-state index in [1.807, 2.05) is 6.07 Å². The van der Waals surface area contributed by atoms with Gasteiger partial charge in [-0.3, -0.25) is 0 Å². The second-order valence-electron chi connectivity index (χ2n) is 7.13. The van der Waals surface area contributed by atoms with Crippen molar-refractivity contribution >= 4 is 0 Å². The summed E-state index contributed by atoms with van der Waals surface area (Å²) in [6.45, 7) is 5.86. The minimum absolute atomic E-state index is 0.00725. The van der Waals surface area contributed by atoms with E-state index in [1.54, 1.807) is 13.3 Å². The van der Waals surface area contributed by atoms with Crippen LogP contribution >= 0.6 is 0 Å². The third-order valence-electron chi connectivity index (χ3n) is 4.79. The summed E-state index contributed by atoms with van der Waals surface area (Å²) in [5.41, 5.74) is 0.963. The zero-order valence-corrected chi connectivity index (χ0v) is 15.0. The van der Waals surface area contributed by atoms with Crippen molar-refractivity contribution in [1.29, 1.82) is 0 Å². The number of aromatic nitrogens is 2. The Kier molecular flexibility index (Phi) is 7.55. The predicted molar refractivity (Wildman–Crippen MR) is 92.6 cm³/mol. The number of ether oxygens (including phenoxy) is 1. The number of rotatable bonds is 9. The average molecular weight is 337 g/mol. The van der Waals surface area contributed by atoms with Gasteiger partial charge in [-0.15, -0.1) is 0 Å². The third-order valence-corrected chi connectivity index (χ3v) is 4.79. The SMILES string of the molecule is COCCc1nccc(C[C@@H]2[C@@H](CO)[C@H](O)C[C@H]2NCC(C)C)n1. The summed E-state index contributed by atoms with van der Waals surface area (Å²) < 4.78 is 5.08. The maximum Gasteiger partial charge on any atom is 0.130 e. The summed E-state index contributed by atoms with van der Waals surface area (Å²) in [4.78, 5) is 8.89. The zero-order chi connectivity index (χ0) is 17.5. The molecule has 6 heteroatoms. The van der Waals surface area contributed by atoms with Gasteiger partial charge >= 0.3 is 0 Å². The Morgan fingerprint density at radius 3 is 2.83 bits per heavy atom. The molecule has 0 spiro atoms. The van der Waals surface area contributed by atoms with Crippen molar-refractivity contribution in [2.75, 3.05) is 26.9 Å². The molecule has 1 fully saturated rings. The van der Waals surface area contributed by atoms with E-state index in [-0.39, 0.29) is 24.5 Å². The van der Waals surface area contributed by atoms with Gasteiger partial charge in [0.25, 0.3) is 0 Å². The molecule has 4 atom stereocenters. The molecule has 0 amide bonds. The largest absolute Gasteiger partial charge is 0.396 e. The molecule has 2 rings (SSSR count). The van der Waals surface area contributed by atoms with Crippen LogP contribution in [0.1, 0.15) is 31.8 Å². The van der Waals surface area contributed by atoms with Crippen molar-refractivity contribution in [3.8, 4) is 0 Å². The van der Waals surface area contributed by atoms with Gasteiger partial charge in [0.2, 0.25) is 0 Å². The van der Waals surface area contributed by atoms with Crippen LogP contribution in [-0.2, 0) is 17.6 Å². The fourth-order valence-electron chi connectivity index (χ4n) is 3.48. The lowest BCUT2D eigenvalue weighted by Gasteiger charge is -2.25. The Balaban J connectivity index is 2.07. The third kappa shape index (κ3) is 5.21. The number of hydrogen-bond donors (Lipinski definition) is 3. The first-order chi connectivity index (χ1) is 11.5. The molecule has 3 N–H and O–H groups in total. The Labute approximate surface area is 144 Å². The van der Waals surface area contributed by atoms with Crippen molar-refractivity contribution < 1.29 is 14.9 Å². The van der Waals surface area contributed by atoms with E-state index in [1.165, 1.54) is 0 Å². The minimum Gasteiger partial charge on any atom is -0.396 e. The van der Waals surface area contributed by atoms with Gasteiger partial charge in [0.05, 0.1) is 12.7 Å². The van der Waals surface area contributed by atoms with Gasteiger partial charge in [-0.05, 0) is 37.3 Å². The fourth-order valence-corrected chi connectivity index (χ4v) is 3.48. The van der Waals surface area contributed by atoms with Crippen LogP contribution in [0.2, 0.25) is 0 Å². The molecule has 6 nitrogen and oxygen atoms in total. The number of methoxy groups -OCH3 is 1. The van der Waals surface area contributed by atoms with Gasteiger partial charge in [0, 0.05) is 44.0 Å². The van der Waals surface area contributed by atoms with Crippen LogP contribution in [0.5, 0.6) is 0 Å². The molecule has 24 heavy (non-hydrogen) atoms. The standard InChI is InChI=1S/C18H31N3O3/c1-12(2)10-20-16-9-17(23)15(11-22)14(16)8-13-4-6-19-18(21-13)5-7-24-3/h4,6,12,14-17,20,22-23H,5,7-11H2,1-3H3/t14-,15-,16-,17-/m1/s1. The zero-order valence-electron chi connectivity index (χ0n) is 15.0. The van der Waals surface area contributed by atoms with Crippen molar-refractivity contribution in [2.24, 2.45) is 17.8 Å². The maximum absolute atomic E-state index is 10.3. The first-order valence-corrected chi connectivity index (χ1v) is 8.87. The number of nitrogens with zero attached hydrogens (tertiary/aromatic N) is 2. The van der Waals surface area contributed by atoms with Crippen molar-refractivity contribution in [1.82, 2.24) is 15.3 Å². The van der Waals surface area contributed by atoms with Crippen molar-refractivity contribution in [3.05, 3.63) is 23.8 Å². The Morgan fingerprint density at radius 2 is 2.17 bits per heavy atom. The second-order valence-corrected chi connectivity index (χ2v) is 7.13. The molecule has 0 unspecified atom stereocenters. The van der Waals surface area contributed by atoms with E-state index >= 15 is 0 Å². The van der Waals surface area contributed by atoms with Crippen LogP contribution in [-0.4, -0.2) is 59.2 Å². The molecule has 1 heterocycles. The molecular weight excluding hydrogens is 306 g/mol. The summed E-state index contributed by atoms with van der Waals surface area (Å²) in [5.74, 6) is 1.40. The number of aliphatic hydroxyl groups excluding tert-OH is 2. The molecule has 0 bridgehead atoms. The van der Waals surface area contributed by atoms with Crippen LogP contribution < -0.4 is 5.32 Å². The summed E-state index contributed by atoms with van der Waals surface area (Å²) in [7, 11) is 1.67. The molecule has 0 aliphatic heterocycles. The molecule has 0 saturated heterocycles. The first kappa shape index (κ1) is 19.2. The summed E-state index contributed by atoms with van der Waals surface area (Å²) in [5, 5.41) is 23.6. The monoisotopic (exact) mass is 337 g/mol. The highest BCUT2D eigenvalue weighted by Crippen LogP contribution is 2.34. The first-order valence-electron chi connectivity index (χ1n) is 8.87.